The predicted octanol–water partition coefficient (Wildman–Crippen LogP) is 3.33. The maximum Gasteiger partial charge on any atom is 0.307 e. The maximum atomic E-state index is 11.9. The molecule has 0 saturated heterocycles. The highest BCUT2D eigenvalue weighted by atomic mass is 16.4. The Balaban J connectivity index is 1.49. The van der Waals surface area contributed by atoms with E-state index in [1.54, 1.807) is 12.4 Å². The van der Waals surface area contributed by atoms with E-state index in [2.05, 4.69) is 30.7 Å². The zero-order valence-electron chi connectivity index (χ0n) is 17.8. The van der Waals surface area contributed by atoms with Gasteiger partial charge in [0.1, 0.15) is 0 Å². The predicted molar refractivity (Wildman–Crippen MR) is 118 cm³/mol. The molecule has 2 unspecified atom stereocenters. The van der Waals surface area contributed by atoms with Crippen molar-refractivity contribution in [3.05, 3.63) is 78.1 Å². The number of rotatable bonds is 10. The Morgan fingerprint density at radius 1 is 1.09 bits per heavy atom. The SMILES string of the molecule is CCCC(C(=O)O)C(Cc1ccc(-c2cnn(Cc3ccncc3)c2)cc1)c1nn[nH]n1. The summed E-state index contributed by atoms with van der Waals surface area (Å²) < 4.78 is 1.90. The van der Waals surface area contributed by atoms with Crippen LogP contribution in [0.25, 0.3) is 11.1 Å². The molecule has 0 fully saturated rings. The Bertz CT molecular complexity index is 1120. The first-order valence-corrected chi connectivity index (χ1v) is 10.6. The fourth-order valence-electron chi connectivity index (χ4n) is 3.91. The highest BCUT2D eigenvalue weighted by Crippen LogP contribution is 2.30. The van der Waals surface area contributed by atoms with Crippen LogP contribution >= 0.6 is 0 Å². The quantitative estimate of drug-likeness (QED) is 0.395. The third-order valence-corrected chi connectivity index (χ3v) is 5.57. The van der Waals surface area contributed by atoms with E-state index < -0.39 is 11.9 Å². The highest BCUT2D eigenvalue weighted by Gasteiger charge is 2.31. The zero-order valence-corrected chi connectivity index (χ0v) is 17.8. The third kappa shape index (κ3) is 5.05. The third-order valence-electron chi connectivity index (χ3n) is 5.57. The average Bonchev–Trinajstić information content (AvgIpc) is 3.50. The number of pyridine rings is 1. The first kappa shape index (κ1) is 21.4. The molecule has 2 N–H and O–H groups in total. The lowest BCUT2D eigenvalue weighted by Crippen LogP contribution is -2.25. The summed E-state index contributed by atoms with van der Waals surface area (Å²) in [5, 5.41) is 28.4. The van der Waals surface area contributed by atoms with Gasteiger partial charge in [-0.15, -0.1) is 10.2 Å². The van der Waals surface area contributed by atoms with Crippen LogP contribution in [-0.4, -0.2) is 46.5 Å². The van der Waals surface area contributed by atoms with Crippen LogP contribution in [-0.2, 0) is 17.8 Å². The number of H-pyrrole nitrogens is 1. The van der Waals surface area contributed by atoms with E-state index in [0.717, 1.165) is 28.7 Å². The molecule has 164 valence electrons. The van der Waals surface area contributed by atoms with E-state index >= 15 is 0 Å². The van der Waals surface area contributed by atoms with Gasteiger partial charge >= 0.3 is 5.97 Å². The number of aliphatic carboxylic acids is 1. The number of hydrogen-bond donors (Lipinski definition) is 2. The number of hydrogen-bond acceptors (Lipinski definition) is 6. The first-order valence-electron chi connectivity index (χ1n) is 10.6. The monoisotopic (exact) mass is 431 g/mol. The lowest BCUT2D eigenvalue weighted by atomic mass is 9.83. The molecule has 0 aliphatic carbocycles. The van der Waals surface area contributed by atoms with Crippen LogP contribution in [0.2, 0.25) is 0 Å². The van der Waals surface area contributed by atoms with Gasteiger partial charge in [-0.1, -0.05) is 42.8 Å². The second-order valence-electron chi connectivity index (χ2n) is 7.79. The Labute approximate surface area is 185 Å². The number of aromatic amines is 1. The molecular weight excluding hydrogens is 406 g/mol. The topological polar surface area (TPSA) is 122 Å². The molecule has 0 amide bonds. The van der Waals surface area contributed by atoms with Crippen molar-refractivity contribution in [2.75, 3.05) is 0 Å². The van der Waals surface area contributed by atoms with Crippen LogP contribution in [0.1, 0.15) is 42.6 Å². The van der Waals surface area contributed by atoms with Gasteiger partial charge in [0.25, 0.3) is 0 Å². The number of carboxylic acids is 1. The number of carboxylic acid groups (broad SMARTS) is 1. The van der Waals surface area contributed by atoms with E-state index in [1.165, 1.54) is 0 Å². The molecule has 3 aromatic heterocycles. The summed E-state index contributed by atoms with van der Waals surface area (Å²) in [4.78, 5) is 15.9. The van der Waals surface area contributed by atoms with Crippen LogP contribution in [0.4, 0.5) is 0 Å². The summed E-state index contributed by atoms with van der Waals surface area (Å²) in [6, 6.07) is 12.1. The van der Waals surface area contributed by atoms with Gasteiger partial charge in [0.05, 0.1) is 18.7 Å². The smallest absolute Gasteiger partial charge is 0.307 e. The Morgan fingerprint density at radius 3 is 2.53 bits per heavy atom. The Morgan fingerprint density at radius 2 is 1.88 bits per heavy atom. The van der Waals surface area contributed by atoms with Gasteiger partial charge in [0, 0.05) is 30.1 Å². The largest absolute Gasteiger partial charge is 0.481 e. The van der Waals surface area contributed by atoms with E-state index in [1.807, 2.05) is 60.4 Å². The number of tetrazole rings is 1. The van der Waals surface area contributed by atoms with Crippen molar-refractivity contribution in [2.24, 2.45) is 5.92 Å². The van der Waals surface area contributed by atoms with Gasteiger partial charge < -0.3 is 5.11 Å². The van der Waals surface area contributed by atoms with E-state index in [0.29, 0.717) is 25.2 Å². The summed E-state index contributed by atoms with van der Waals surface area (Å²) in [5.41, 5.74) is 4.23. The lowest BCUT2D eigenvalue weighted by molar-refractivity contribution is -0.142. The molecule has 0 spiro atoms. The molecule has 9 nitrogen and oxygen atoms in total. The molecule has 4 aromatic rings. The van der Waals surface area contributed by atoms with Gasteiger partial charge in [0.2, 0.25) is 0 Å². The zero-order chi connectivity index (χ0) is 22.3. The fourth-order valence-corrected chi connectivity index (χ4v) is 3.91. The minimum absolute atomic E-state index is 0.347. The van der Waals surface area contributed by atoms with Crippen molar-refractivity contribution in [3.8, 4) is 11.1 Å². The molecule has 0 bridgehead atoms. The molecule has 4 rings (SSSR count). The van der Waals surface area contributed by atoms with Crippen LogP contribution in [0, 0.1) is 5.92 Å². The van der Waals surface area contributed by atoms with Crippen molar-refractivity contribution < 1.29 is 9.90 Å². The molecular formula is C23H25N7O2. The molecule has 0 aliphatic rings. The van der Waals surface area contributed by atoms with Gasteiger partial charge in [-0.2, -0.15) is 10.3 Å². The lowest BCUT2D eigenvalue weighted by Gasteiger charge is -2.21. The summed E-state index contributed by atoms with van der Waals surface area (Å²) in [6.45, 7) is 2.66. The molecule has 3 heterocycles. The van der Waals surface area contributed by atoms with Crippen LogP contribution in [0.15, 0.2) is 61.2 Å². The van der Waals surface area contributed by atoms with E-state index in [-0.39, 0.29) is 5.92 Å². The minimum Gasteiger partial charge on any atom is -0.481 e. The number of carbonyl (C=O) groups is 1. The van der Waals surface area contributed by atoms with Crippen molar-refractivity contribution in [1.82, 2.24) is 35.4 Å². The summed E-state index contributed by atoms with van der Waals surface area (Å²) in [6.07, 6.45) is 9.26. The Hall–Kier alpha value is -3.88. The van der Waals surface area contributed by atoms with Gasteiger partial charge in [-0.05, 0) is 41.7 Å². The van der Waals surface area contributed by atoms with Gasteiger partial charge in [0.15, 0.2) is 5.82 Å². The number of nitrogens with zero attached hydrogens (tertiary/aromatic N) is 6. The van der Waals surface area contributed by atoms with Crippen LogP contribution in [0.5, 0.6) is 0 Å². The average molecular weight is 432 g/mol. The number of aromatic nitrogens is 7. The second kappa shape index (κ2) is 9.95. The molecule has 0 saturated carbocycles. The van der Waals surface area contributed by atoms with Gasteiger partial charge in [-0.3, -0.25) is 14.5 Å². The summed E-state index contributed by atoms with van der Waals surface area (Å²) >= 11 is 0. The highest BCUT2D eigenvalue weighted by molar-refractivity contribution is 5.71. The summed E-state index contributed by atoms with van der Waals surface area (Å²) in [5.74, 6) is -1.31. The molecule has 32 heavy (non-hydrogen) atoms. The second-order valence-corrected chi connectivity index (χ2v) is 7.79. The van der Waals surface area contributed by atoms with Crippen LogP contribution < -0.4 is 0 Å². The molecule has 0 aliphatic heterocycles. The van der Waals surface area contributed by atoms with Crippen molar-refractivity contribution in [3.63, 3.8) is 0 Å². The van der Waals surface area contributed by atoms with Crippen molar-refractivity contribution >= 4 is 5.97 Å². The number of benzene rings is 1. The molecule has 2 atom stereocenters. The fraction of sp³-hybridized carbons (Fsp3) is 0.304. The molecule has 9 heteroatoms. The molecule has 1 aromatic carbocycles. The van der Waals surface area contributed by atoms with Crippen LogP contribution in [0.3, 0.4) is 0 Å². The first-order chi connectivity index (χ1) is 15.6. The van der Waals surface area contributed by atoms with Crippen molar-refractivity contribution in [1.29, 1.82) is 0 Å². The van der Waals surface area contributed by atoms with E-state index in [4.69, 9.17) is 0 Å². The Kier molecular flexibility index (Phi) is 6.64. The van der Waals surface area contributed by atoms with Crippen molar-refractivity contribution in [2.45, 2.75) is 38.6 Å². The van der Waals surface area contributed by atoms with Gasteiger partial charge in [-0.25, -0.2) is 0 Å². The minimum atomic E-state index is -0.833. The summed E-state index contributed by atoms with van der Waals surface area (Å²) in [7, 11) is 0. The maximum absolute atomic E-state index is 11.9. The van der Waals surface area contributed by atoms with E-state index in [9.17, 15) is 9.90 Å². The standard InChI is InChI=1S/C23H25N7O2/c1-2-3-20(23(31)32)21(22-26-28-29-27-22)12-16-4-6-18(7-5-16)19-13-25-30(15-19)14-17-8-10-24-11-9-17/h4-11,13,15,20-21H,2-3,12,14H2,1H3,(H,31,32)(H,26,27,28,29). The number of nitrogens with one attached hydrogen (secondary N) is 1. The molecule has 0 radical (unpaired) electrons. The normalized spacial score (nSPS) is 13.0.